The zero-order chi connectivity index (χ0) is 11.7. The third kappa shape index (κ3) is 2.05. The van der Waals surface area contributed by atoms with Gasteiger partial charge in [-0.15, -0.1) is 0 Å². The molecule has 0 spiro atoms. The van der Waals surface area contributed by atoms with Crippen molar-refractivity contribution in [3.05, 3.63) is 47.5 Å². The van der Waals surface area contributed by atoms with Gasteiger partial charge in [0.15, 0.2) is 0 Å². The van der Waals surface area contributed by atoms with Crippen molar-refractivity contribution in [1.29, 1.82) is 0 Å². The van der Waals surface area contributed by atoms with Crippen molar-refractivity contribution in [2.75, 3.05) is 11.9 Å². The van der Waals surface area contributed by atoms with Crippen LogP contribution in [0, 0.1) is 0 Å². The lowest BCUT2D eigenvalue weighted by atomic mass is 10.00. The standard InChI is InChI=1S/C14H17N3/c1-17-8-7-16-14(17)10-11-4-5-12-3-2-6-15-13(12)9-11/h4-5,7-9,15H,2-3,6,10H2,1H3. The van der Waals surface area contributed by atoms with Gasteiger partial charge in [0, 0.05) is 38.1 Å². The van der Waals surface area contributed by atoms with E-state index in [0.29, 0.717) is 0 Å². The second-order valence-electron chi connectivity index (χ2n) is 4.65. The van der Waals surface area contributed by atoms with Crippen molar-refractivity contribution >= 4 is 5.69 Å². The molecule has 0 fully saturated rings. The number of rotatable bonds is 2. The van der Waals surface area contributed by atoms with Gasteiger partial charge in [0.25, 0.3) is 0 Å². The van der Waals surface area contributed by atoms with Crippen molar-refractivity contribution in [2.45, 2.75) is 19.3 Å². The lowest BCUT2D eigenvalue weighted by Crippen LogP contribution is -2.12. The van der Waals surface area contributed by atoms with E-state index in [9.17, 15) is 0 Å². The van der Waals surface area contributed by atoms with E-state index in [1.54, 1.807) is 0 Å². The molecule has 88 valence electrons. The molecule has 0 saturated carbocycles. The molecule has 1 aromatic carbocycles. The summed E-state index contributed by atoms with van der Waals surface area (Å²) < 4.78 is 2.08. The number of imidazole rings is 1. The fraction of sp³-hybridized carbons (Fsp3) is 0.357. The van der Waals surface area contributed by atoms with Crippen LogP contribution < -0.4 is 5.32 Å². The van der Waals surface area contributed by atoms with E-state index in [-0.39, 0.29) is 0 Å². The average molecular weight is 227 g/mol. The maximum atomic E-state index is 4.37. The summed E-state index contributed by atoms with van der Waals surface area (Å²) in [6.45, 7) is 1.10. The zero-order valence-corrected chi connectivity index (χ0v) is 10.1. The topological polar surface area (TPSA) is 29.9 Å². The summed E-state index contributed by atoms with van der Waals surface area (Å²) in [5.74, 6) is 1.11. The first kappa shape index (κ1) is 10.4. The molecule has 2 heterocycles. The molecule has 0 atom stereocenters. The first-order valence-corrected chi connectivity index (χ1v) is 6.15. The lowest BCUT2D eigenvalue weighted by molar-refractivity contribution is 0.814. The number of hydrogen-bond acceptors (Lipinski definition) is 2. The molecule has 0 bridgehead atoms. The van der Waals surface area contributed by atoms with Gasteiger partial charge in [0.1, 0.15) is 5.82 Å². The van der Waals surface area contributed by atoms with Crippen LogP contribution in [0.3, 0.4) is 0 Å². The summed E-state index contributed by atoms with van der Waals surface area (Å²) in [6, 6.07) is 6.74. The molecule has 0 radical (unpaired) electrons. The van der Waals surface area contributed by atoms with Gasteiger partial charge < -0.3 is 9.88 Å². The van der Waals surface area contributed by atoms with Gasteiger partial charge in [0.05, 0.1) is 0 Å². The Bertz CT molecular complexity index is 528. The minimum atomic E-state index is 0.901. The Morgan fingerprint density at radius 3 is 3.18 bits per heavy atom. The van der Waals surface area contributed by atoms with Crippen molar-refractivity contribution < 1.29 is 0 Å². The van der Waals surface area contributed by atoms with Gasteiger partial charge in [-0.25, -0.2) is 4.98 Å². The highest BCUT2D eigenvalue weighted by atomic mass is 15.0. The number of aryl methyl sites for hydroxylation is 2. The molecule has 1 aliphatic heterocycles. The Hall–Kier alpha value is -1.77. The van der Waals surface area contributed by atoms with E-state index in [0.717, 1.165) is 18.8 Å². The van der Waals surface area contributed by atoms with Gasteiger partial charge in [-0.1, -0.05) is 12.1 Å². The summed E-state index contributed by atoms with van der Waals surface area (Å²) in [6.07, 6.45) is 7.19. The summed E-state index contributed by atoms with van der Waals surface area (Å²) in [5, 5.41) is 3.47. The average Bonchev–Trinajstić information content (AvgIpc) is 2.75. The molecule has 0 unspecified atom stereocenters. The van der Waals surface area contributed by atoms with Crippen molar-refractivity contribution in [1.82, 2.24) is 9.55 Å². The van der Waals surface area contributed by atoms with E-state index >= 15 is 0 Å². The summed E-state index contributed by atoms with van der Waals surface area (Å²) in [7, 11) is 2.04. The Kier molecular flexibility index (Phi) is 2.59. The number of nitrogens with zero attached hydrogens (tertiary/aromatic N) is 2. The maximum Gasteiger partial charge on any atom is 0.112 e. The monoisotopic (exact) mass is 227 g/mol. The van der Waals surface area contributed by atoms with E-state index in [2.05, 4.69) is 33.1 Å². The number of aromatic nitrogens is 2. The van der Waals surface area contributed by atoms with Crippen LogP contribution >= 0.6 is 0 Å². The quantitative estimate of drug-likeness (QED) is 0.853. The predicted molar refractivity (Wildman–Crippen MR) is 69.3 cm³/mol. The fourth-order valence-corrected chi connectivity index (χ4v) is 2.37. The molecular weight excluding hydrogens is 210 g/mol. The first-order valence-electron chi connectivity index (χ1n) is 6.15. The van der Waals surface area contributed by atoms with E-state index < -0.39 is 0 Å². The minimum Gasteiger partial charge on any atom is -0.385 e. The molecule has 0 saturated heterocycles. The van der Waals surface area contributed by atoms with Crippen LogP contribution in [0.2, 0.25) is 0 Å². The molecule has 3 rings (SSSR count). The Balaban J connectivity index is 1.87. The Morgan fingerprint density at radius 2 is 2.35 bits per heavy atom. The molecule has 0 amide bonds. The van der Waals surface area contributed by atoms with Crippen LogP contribution in [0.5, 0.6) is 0 Å². The summed E-state index contributed by atoms with van der Waals surface area (Å²) in [5.41, 5.74) is 4.08. The maximum absolute atomic E-state index is 4.37. The highest BCUT2D eigenvalue weighted by Gasteiger charge is 2.09. The van der Waals surface area contributed by atoms with Crippen LogP contribution in [-0.2, 0) is 19.9 Å². The molecule has 0 aliphatic carbocycles. The number of benzene rings is 1. The molecule has 1 N–H and O–H groups in total. The molecule has 2 aromatic rings. The number of nitrogens with one attached hydrogen (secondary N) is 1. The zero-order valence-electron chi connectivity index (χ0n) is 10.1. The smallest absolute Gasteiger partial charge is 0.112 e. The van der Waals surface area contributed by atoms with Crippen LogP contribution in [0.25, 0.3) is 0 Å². The molecule has 1 aromatic heterocycles. The normalized spacial score (nSPS) is 14.2. The van der Waals surface area contributed by atoms with Crippen molar-refractivity contribution in [2.24, 2.45) is 7.05 Å². The Labute approximate surface area is 101 Å². The van der Waals surface area contributed by atoms with Crippen molar-refractivity contribution in [3.63, 3.8) is 0 Å². The third-order valence-electron chi connectivity index (χ3n) is 3.40. The Morgan fingerprint density at radius 1 is 1.41 bits per heavy atom. The predicted octanol–water partition coefficient (Wildman–Crippen LogP) is 2.37. The van der Waals surface area contributed by atoms with Crippen LogP contribution in [0.15, 0.2) is 30.6 Å². The first-order chi connectivity index (χ1) is 8.33. The molecule has 1 aliphatic rings. The lowest BCUT2D eigenvalue weighted by Gasteiger charge is -2.18. The second kappa shape index (κ2) is 4.24. The summed E-state index contributed by atoms with van der Waals surface area (Å²) in [4.78, 5) is 4.37. The van der Waals surface area contributed by atoms with E-state index in [4.69, 9.17) is 0 Å². The minimum absolute atomic E-state index is 0.901. The van der Waals surface area contributed by atoms with Gasteiger partial charge in [0.2, 0.25) is 0 Å². The number of anilines is 1. The van der Waals surface area contributed by atoms with Crippen LogP contribution in [0.4, 0.5) is 5.69 Å². The molecule has 17 heavy (non-hydrogen) atoms. The van der Waals surface area contributed by atoms with Gasteiger partial charge >= 0.3 is 0 Å². The largest absolute Gasteiger partial charge is 0.385 e. The van der Waals surface area contributed by atoms with Gasteiger partial charge in [-0.3, -0.25) is 0 Å². The number of fused-ring (bicyclic) bond motifs is 1. The van der Waals surface area contributed by atoms with Gasteiger partial charge in [-0.2, -0.15) is 0 Å². The third-order valence-corrected chi connectivity index (χ3v) is 3.40. The second-order valence-corrected chi connectivity index (χ2v) is 4.65. The van der Waals surface area contributed by atoms with Gasteiger partial charge in [-0.05, 0) is 30.0 Å². The van der Waals surface area contributed by atoms with Crippen LogP contribution in [-0.4, -0.2) is 16.1 Å². The van der Waals surface area contributed by atoms with Crippen molar-refractivity contribution in [3.8, 4) is 0 Å². The SMILES string of the molecule is Cn1ccnc1Cc1ccc2c(c1)NCCC2. The van der Waals surface area contributed by atoms with E-state index in [1.807, 2.05) is 19.4 Å². The number of hydrogen-bond donors (Lipinski definition) is 1. The molecular formula is C14H17N3. The van der Waals surface area contributed by atoms with Crippen LogP contribution in [0.1, 0.15) is 23.4 Å². The highest BCUT2D eigenvalue weighted by Crippen LogP contribution is 2.23. The van der Waals surface area contributed by atoms with E-state index in [1.165, 1.54) is 29.7 Å². The molecule has 3 nitrogen and oxygen atoms in total. The molecule has 3 heteroatoms. The highest BCUT2D eigenvalue weighted by molar-refractivity contribution is 5.55. The fourth-order valence-electron chi connectivity index (χ4n) is 2.37. The summed E-state index contributed by atoms with van der Waals surface area (Å²) >= 11 is 0.